The van der Waals surface area contributed by atoms with Crippen LogP contribution in [0.5, 0.6) is 5.75 Å². The molecule has 0 bridgehead atoms. The summed E-state index contributed by atoms with van der Waals surface area (Å²) in [4.78, 5) is 10.1. The van der Waals surface area contributed by atoms with Crippen LogP contribution in [0.4, 0.5) is 5.69 Å². The molecular weight excluding hydrogens is 270 g/mol. The molecular formula is C16H17NO4. The van der Waals surface area contributed by atoms with Crippen LogP contribution in [0.15, 0.2) is 48.5 Å². The van der Waals surface area contributed by atoms with E-state index in [1.807, 2.05) is 19.1 Å². The number of rotatable bonds is 6. The molecule has 0 aliphatic rings. The van der Waals surface area contributed by atoms with Gasteiger partial charge in [-0.05, 0) is 41.8 Å². The van der Waals surface area contributed by atoms with E-state index in [0.717, 1.165) is 11.1 Å². The van der Waals surface area contributed by atoms with Crippen LogP contribution in [0.1, 0.15) is 30.6 Å². The first-order valence-corrected chi connectivity index (χ1v) is 6.74. The molecule has 21 heavy (non-hydrogen) atoms. The third-order valence-electron chi connectivity index (χ3n) is 3.20. The Morgan fingerprint density at radius 3 is 2.29 bits per heavy atom. The molecule has 0 amide bonds. The van der Waals surface area contributed by atoms with Gasteiger partial charge in [0.25, 0.3) is 5.69 Å². The van der Waals surface area contributed by atoms with Crippen molar-refractivity contribution >= 4 is 5.69 Å². The number of non-ortho nitro benzene ring substituents is 1. The Bertz CT molecular complexity index is 593. The lowest BCUT2D eigenvalue weighted by Gasteiger charge is -2.10. The Morgan fingerprint density at radius 2 is 1.76 bits per heavy atom. The fourth-order valence-corrected chi connectivity index (χ4v) is 1.90. The van der Waals surface area contributed by atoms with Crippen molar-refractivity contribution in [1.82, 2.24) is 0 Å². The standard InChI is InChI=1S/C16H17NO4/c1-2-16(18)13-5-9-15(10-6-13)21-11-12-3-7-14(8-4-12)17(19)20/h3-10,16,18H,2,11H2,1H3/t16-/m1/s1. The summed E-state index contributed by atoms with van der Waals surface area (Å²) in [5.41, 5.74) is 1.79. The van der Waals surface area contributed by atoms with Crippen molar-refractivity contribution < 1.29 is 14.8 Å². The van der Waals surface area contributed by atoms with Gasteiger partial charge in [-0.1, -0.05) is 19.1 Å². The molecule has 1 atom stereocenters. The molecule has 0 unspecified atom stereocenters. The second-order valence-corrected chi connectivity index (χ2v) is 4.71. The molecule has 0 fully saturated rings. The summed E-state index contributed by atoms with van der Waals surface area (Å²) in [7, 11) is 0. The Kier molecular flexibility index (Phi) is 4.90. The number of hydrogen-bond acceptors (Lipinski definition) is 4. The molecule has 0 heterocycles. The molecule has 0 aliphatic carbocycles. The smallest absolute Gasteiger partial charge is 0.269 e. The van der Waals surface area contributed by atoms with Gasteiger partial charge in [-0.25, -0.2) is 0 Å². The van der Waals surface area contributed by atoms with Crippen LogP contribution in [0.2, 0.25) is 0 Å². The predicted molar refractivity (Wildman–Crippen MR) is 79.1 cm³/mol. The third-order valence-corrected chi connectivity index (χ3v) is 3.20. The van der Waals surface area contributed by atoms with Crippen LogP contribution in [0.3, 0.4) is 0 Å². The fraction of sp³-hybridized carbons (Fsp3) is 0.250. The quantitative estimate of drug-likeness (QED) is 0.650. The van der Waals surface area contributed by atoms with Gasteiger partial charge in [0.05, 0.1) is 11.0 Å². The first-order chi connectivity index (χ1) is 10.1. The van der Waals surface area contributed by atoms with Crippen molar-refractivity contribution in [3.8, 4) is 5.75 Å². The summed E-state index contributed by atoms with van der Waals surface area (Å²) in [6.45, 7) is 2.26. The minimum Gasteiger partial charge on any atom is -0.489 e. The normalized spacial score (nSPS) is 11.9. The van der Waals surface area contributed by atoms with Crippen molar-refractivity contribution in [2.75, 3.05) is 0 Å². The number of nitro groups is 1. The number of nitrogens with zero attached hydrogens (tertiary/aromatic N) is 1. The number of aliphatic hydroxyl groups is 1. The van der Waals surface area contributed by atoms with Gasteiger partial charge in [0.1, 0.15) is 12.4 Å². The molecule has 5 heteroatoms. The zero-order chi connectivity index (χ0) is 15.2. The van der Waals surface area contributed by atoms with Crippen LogP contribution in [0.25, 0.3) is 0 Å². The van der Waals surface area contributed by atoms with Gasteiger partial charge in [-0.15, -0.1) is 0 Å². The molecule has 0 saturated carbocycles. The van der Waals surface area contributed by atoms with Gasteiger partial charge in [0.15, 0.2) is 0 Å². The summed E-state index contributed by atoms with van der Waals surface area (Å²) >= 11 is 0. The molecule has 5 nitrogen and oxygen atoms in total. The van der Waals surface area contributed by atoms with Crippen LogP contribution in [-0.2, 0) is 6.61 Å². The van der Waals surface area contributed by atoms with Gasteiger partial charge in [-0.2, -0.15) is 0 Å². The maximum absolute atomic E-state index is 10.6. The van der Waals surface area contributed by atoms with Crippen molar-refractivity contribution in [3.05, 3.63) is 69.8 Å². The van der Waals surface area contributed by atoms with E-state index in [-0.39, 0.29) is 5.69 Å². The van der Waals surface area contributed by atoms with E-state index in [1.54, 1.807) is 24.3 Å². The molecule has 1 N–H and O–H groups in total. The molecule has 2 rings (SSSR count). The molecule has 0 aliphatic heterocycles. The average Bonchev–Trinajstić information content (AvgIpc) is 2.53. The van der Waals surface area contributed by atoms with Gasteiger partial charge < -0.3 is 9.84 Å². The first kappa shape index (κ1) is 15.0. The lowest BCUT2D eigenvalue weighted by Crippen LogP contribution is -1.98. The van der Waals surface area contributed by atoms with Gasteiger partial charge >= 0.3 is 0 Å². The maximum atomic E-state index is 10.6. The summed E-state index contributed by atoms with van der Waals surface area (Å²) in [6.07, 6.45) is 0.219. The Balaban J connectivity index is 1.95. The molecule has 0 radical (unpaired) electrons. The number of nitro benzene ring substituents is 1. The van der Waals surface area contributed by atoms with E-state index in [9.17, 15) is 15.2 Å². The molecule has 110 valence electrons. The zero-order valence-corrected chi connectivity index (χ0v) is 11.7. The van der Waals surface area contributed by atoms with Gasteiger partial charge in [-0.3, -0.25) is 10.1 Å². The largest absolute Gasteiger partial charge is 0.489 e. The molecule has 0 spiro atoms. The number of hydrogen-bond donors (Lipinski definition) is 1. The highest BCUT2D eigenvalue weighted by molar-refractivity contribution is 5.33. The van der Waals surface area contributed by atoms with Gasteiger partial charge in [0.2, 0.25) is 0 Å². The van der Waals surface area contributed by atoms with Crippen molar-refractivity contribution in [3.63, 3.8) is 0 Å². The minimum atomic E-state index is -0.450. The van der Waals surface area contributed by atoms with E-state index in [4.69, 9.17) is 4.74 Å². The molecule has 2 aromatic rings. The van der Waals surface area contributed by atoms with E-state index in [0.29, 0.717) is 18.8 Å². The number of benzene rings is 2. The monoisotopic (exact) mass is 287 g/mol. The lowest BCUT2D eigenvalue weighted by molar-refractivity contribution is -0.384. The predicted octanol–water partition coefficient (Wildman–Crippen LogP) is 3.62. The average molecular weight is 287 g/mol. The highest BCUT2D eigenvalue weighted by atomic mass is 16.6. The van der Waals surface area contributed by atoms with E-state index in [1.165, 1.54) is 12.1 Å². The summed E-state index contributed by atoms with van der Waals surface area (Å²) in [6, 6.07) is 13.5. The molecule has 0 aromatic heterocycles. The second kappa shape index (κ2) is 6.85. The summed E-state index contributed by atoms with van der Waals surface area (Å²) in [5.74, 6) is 0.695. The minimum absolute atomic E-state index is 0.0663. The maximum Gasteiger partial charge on any atom is 0.269 e. The topological polar surface area (TPSA) is 72.6 Å². The SMILES string of the molecule is CC[C@@H](O)c1ccc(OCc2ccc([N+](=O)[O-])cc2)cc1. The molecule has 2 aromatic carbocycles. The third kappa shape index (κ3) is 4.03. The number of ether oxygens (including phenoxy) is 1. The fourth-order valence-electron chi connectivity index (χ4n) is 1.90. The molecule has 0 saturated heterocycles. The Labute approximate surface area is 123 Å². The van der Waals surface area contributed by atoms with Crippen LogP contribution in [0, 0.1) is 10.1 Å². The lowest BCUT2D eigenvalue weighted by atomic mass is 10.1. The first-order valence-electron chi connectivity index (χ1n) is 6.74. The van der Waals surface area contributed by atoms with E-state index < -0.39 is 11.0 Å². The summed E-state index contributed by atoms with van der Waals surface area (Å²) < 4.78 is 5.61. The Hall–Kier alpha value is -2.40. The highest BCUT2D eigenvalue weighted by Gasteiger charge is 2.06. The van der Waals surface area contributed by atoms with E-state index in [2.05, 4.69) is 0 Å². The van der Waals surface area contributed by atoms with Crippen molar-refractivity contribution in [1.29, 1.82) is 0 Å². The van der Waals surface area contributed by atoms with Crippen LogP contribution >= 0.6 is 0 Å². The number of aliphatic hydroxyl groups excluding tert-OH is 1. The van der Waals surface area contributed by atoms with Crippen LogP contribution in [-0.4, -0.2) is 10.0 Å². The van der Waals surface area contributed by atoms with Crippen LogP contribution < -0.4 is 4.74 Å². The van der Waals surface area contributed by atoms with Crippen molar-refractivity contribution in [2.24, 2.45) is 0 Å². The van der Waals surface area contributed by atoms with Crippen molar-refractivity contribution in [2.45, 2.75) is 26.1 Å². The second-order valence-electron chi connectivity index (χ2n) is 4.71. The Morgan fingerprint density at radius 1 is 1.14 bits per heavy atom. The van der Waals surface area contributed by atoms with Gasteiger partial charge in [0, 0.05) is 12.1 Å². The van der Waals surface area contributed by atoms with E-state index >= 15 is 0 Å². The summed E-state index contributed by atoms with van der Waals surface area (Å²) in [5, 5.41) is 20.3. The zero-order valence-electron chi connectivity index (χ0n) is 11.7. The highest BCUT2D eigenvalue weighted by Crippen LogP contribution is 2.21.